The van der Waals surface area contributed by atoms with E-state index in [9.17, 15) is 9.90 Å². The first-order valence-corrected chi connectivity index (χ1v) is 5.00. The van der Waals surface area contributed by atoms with Crippen LogP contribution in [0.5, 0.6) is 0 Å². The largest absolute Gasteiger partial charge is 0.399 e. The second kappa shape index (κ2) is 4.85. The number of hydrogen-bond donors (Lipinski definition) is 3. The van der Waals surface area contributed by atoms with Crippen molar-refractivity contribution in [3.63, 3.8) is 0 Å². The van der Waals surface area contributed by atoms with Crippen LogP contribution in [0.25, 0.3) is 0 Å². The molecule has 1 amide bonds. The Balaban J connectivity index is 2.88. The summed E-state index contributed by atoms with van der Waals surface area (Å²) < 4.78 is 0. The molecule has 0 bridgehead atoms. The van der Waals surface area contributed by atoms with Gasteiger partial charge in [-0.2, -0.15) is 0 Å². The van der Waals surface area contributed by atoms with Crippen LogP contribution in [0, 0.1) is 0 Å². The molecule has 1 aromatic rings. The summed E-state index contributed by atoms with van der Waals surface area (Å²) in [5, 5.41) is 9.19. The molecular weight excluding hydrogens is 206 g/mol. The first-order valence-electron chi connectivity index (χ1n) is 5.00. The van der Waals surface area contributed by atoms with Gasteiger partial charge < -0.3 is 21.5 Å². The van der Waals surface area contributed by atoms with E-state index < -0.39 is 6.10 Å². The minimum absolute atomic E-state index is 0.224. The summed E-state index contributed by atoms with van der Waals surface area (Å²) in [6.45, 7) is 1.89. The molecule has 0 radical (unpaired) electrons. The van der Waals surface area contributed by atoms with Crippen LogP contribution in [0.15, 0.2) is 18.2 Å². The van der Waals surface area contributed by atoms with Crippen LogP contribution in [-0.2, 0) is 0 Å². The van der Waals surface area contributed by atoms with Gasteiger partial charge >= 0.3 is 0 Å². The number of nitrogens with zero attached hydrogens (tertiary/aromatic N) is 1. The average molecular weight is 223 g/mol. The van der Waals surface area contributed by atoms with E-state index in [2.05, 4.69) is 0 Å². The van der Waals surface area contributed by atoms with Gasteiger partial charge in [0.05, 0.1) is 11.7 Å². The molecular formula is C11H17N3O2. The molecule has 1 aromatic carbocycles. The van der Waals surface area contributed by atoms with Crippen molar-refractivity contribution < 1.29 is 9.90 Å². The standard InChI is InChI=1S/C11H17N3O2/c1-7(15)6-14(2)11(16)9-4-3-8(12)5-10(9)13/h3-5,7,15H,6,12-13H2,1-2H3. The summed E-state index contributed by atoms with van der Waals surface area (Å²) in [6.07, 6.45) is -0.566. The third-order valence-electron chi connectivity index (χ3n) is 2.19. The predicted octanol–water partition coefficient (Wildman–Crippen LogP) is 0.304. The van der Waals surface area contributed by atoms with Gasteiger partial charge in [0.2, 0.25) is 0 Å². The molecule has 0 aliphatic heterocycles. The van der Waals surface area contributed by atoms with E-state index in [0.717, 1.165) is 0 Å². The van der Waals surface area contributed by atoms with Crippen LogP contribution in [0.3, 0.4) is 0 Å². The average Bonchev–Trinajstić information content (AvgIpc) is 2.15. The lowest BCUT2D eigenvalue weighted by Crippen LogP contribution is -2.33. The molecule has 0 aliphatic rings. The lowest BCUT2D eigenvalue weighted by Gasteiger charge is -2.19. The van der Waals surface area contributed by atoms with Gasteiger partial charge in [-0.05, 0) is 25.1 Å². The Morgan fingerprint density at radius 3 is 2.62 bits per heavy atom. The number of nitrogens with two attached hydrogens (primary N) is 2. The molecule has 5 N–H and O–H groups in total. The third-order valence-corrected chi connectivity index (χ3v) is 2.19. The maximum absolute atomic E-state index is 11.9. The van der Waals surface area contributed by atoms with Gasteiger partial charge in [0.25, 0.3) is 5.91 Å². The van der Waals surface area contributed by atoms with E-state index in [-0.39, 0.29) is 12.5 Å². The van der Waals surface area contributed by atoms with Crippen molar-refractivity contribution in [2.75, 3.05) is 25.1 Å². The van der Waals surface area contributed by atoms with Crippen molar-refractivity contribution in [1.29, 1.82) is 0 Å². The Hall–Kier alpha value is -1.75. The fourth-order valence-electron chi connectivity index (χ4n) is 1.46. The van der Waals surface area contributed by atoms with Gasteiger partial charge in [0.15, 0.2) is 0 Å². The number of rotatable bonds is 3. The Morgan fingerprint density at radius 1 is 1.50 bits per heavy atom. The number of likely N-dealkylation sites (N-methyl/N-ethyl adjacent to an activating group) is 1. The van der Waals surface area contributed by atoms with Crippen LogP contribution < -0.4 is 11.5 Å². The summed E-state index contributed by atoms with van der Waals surface area (Å²) in [4.78, 5) is 13.3. The summed E-state index contributed by atoms with van der Waals surface area (Å²) in [5.74, 6) is -0.224. The number of aliphatic hydroxyl groups is 1. The molecule has 88 valence electrons. The van der Waals surface area contributed by atoms with E-state index >= 15 is 0 Å². The molecule has 0 aromatic heterocycles. The van der Waals surface area contributed by atoms with E-state index in [1.165, 1.54) is 4.90 Å². The van der Waals surface area contributed by atoms with Crippen LogP contribution in [-0.4, -0.2) is 35.6 Å². The molecule has 0 fully saturated rings. The van der Waals surface area contributed by atoms with Gasteiger partial charge in [0, 0.05) is 25.0 Å². The molecule has 1 unspecified atom stereocenters. The molecule has 0 heterocycles. The topological polar surface area (TPSA) is 92.6 Å². The van der Waals surface area contributed by atoms with Crippen molar-refractivity contribution in [1.82, 2.24) is 4.90 Å². The second-order valence-corrected chi connectivity index (χ2v) is 3.88. The molecule has 0 saturated heterocycles. The third kappa shape index (κ3) is 2.87. The first kappa shape index (κ1) is 12.3. The monoisotopic (exact) mass is 223 g/mol. The molecule has 1 atom stereocenters. The van der Waals surface area contributed by atoms with Crippen molar-refractivity contribution in [3.05, 3.63) is 23.8 Å². The zero-order valence-electron chi connectivity index (χ0n) is 9.47. The van der Waals surface area contributed by atoms with Crippen molar-refractivity contribution in [2.24, 2.45) is 0 Å². The summed E-state index contributed by atoms with van der Waals surface area (Å²) >= 11 is 0. The van der Waals surface area contributed by atoms with Gasteiger partial charge in [-0.15, -0.1) is 0 Å². The van der Waals surface area contributed by atoms with E-state index in [1.807, 2.05) is 0 Å². The summed E-state index contributed by atoms with van der Waals surface area (Å²) in [5.41, 5.74) is 12.5. The van der Waals surface area contributed by atoms with E-state index in [1.54, 1.807) is 32.2 Å². The zero-order valence-corrected chi connectivity index (χ0v) is 9.47. The van der Waals surface area contributed by atoms with Crippen molar-refractivity contribution in [3.8, 4) is 0 Å². The first-order chi connectivity index (χ1) is 7.41. The Labute approximate surface area is 94.7 Å². The summed E-state index contributed by atoms with van der Waals surface area (Å²) in [6, 6.07) is 4.76. The van der Waals surface area contributed by atoms with Crippen LogP contribution in [0.2, 0.25) is 0 Å². The molecule has 5 heteroatoms. The van der Waals surface area contributed by atoms with Gasteiger partial charge in [-0.3, -0.25) is 4.79 Å². The SMILES string of the molecule is CC(O)CN(C)C(=O)c1ccc(N)cc1N. The Bertz CT molecular complexity index is 391. The Kier molecular flexibility index (Phi) is 3.73. The van der Waals surface area contributed by atoms with E-state index in [0.29, 0.717) is 16.9 Å². The van der Waals surface area contributed by atoms with E-state index in [4.69, 9.17) is 11.5 Å². The normalized spacial score (nSPS) is 12.2. The quantitative estimate of drug-likeness (QED) is 0.643. The lowest BCUT2D eigenvalue weighted by molar-refractivity contribution is 0.0704. The minimum Gasteiger partial charge on any atom is -0.399 e. The fourth-order valence-corrected chi connectivity index (χ4v) is 1.46. The maximum atomic E-state index is 11.9. The van der Waals surface area contributed by atoms with Gasteiger partial charge in [-0.1, -0.05) is 0 Å². The number of carbonyl (C=O) groups is 1. The minimum atomic E-state index is -0.566. The number of nitrogen functional groups attached to an aromatic ring is 2. The number of carbonyl (C=O) groups excluding carboxylic acids is 1. The molecule has 0 spiro atoms. The highest BCUT2D eigenvalue weighted by atomic mass is 16.3. The van der Waals surface area contributed by atoms with Gasteiger partial charge in [0.1, 0.15) is 0 Å². The number of aliphatic hydroxyl groups excluding tert-OH is 1. The zero-order chi connectivity index (χ0) is 12.3. The smallest absolute Gasteiger partial charge is 0.255 e. The van der Waals surface area contributed by atoms with Crippen LogP contribution in [0.1, 0.15) is 17.3 Å². The second-order valence-electron chi connectivity index (χ2n) is 3.88. The maximum Gasteiger partial charge on any atom is 0.255 e. The van der Waals surface area contributed by atoms with Crippen molar-refractivity contribution >= 4 is 17.3 Å². The van der Waals surface area contributed by atoms with Crippen LogP contribution in [0.4, 0.5) is 11.4 Å². The highest BCUT2D eigenvalue weighted by Crippen LogP contribution is 2.17. The highest BCUT2D eigenvalue weighted by Gasteiger charge is 2.15. The number of anilines is 2. The number of benzene rings is 1. The molecule has 0 aliphatic carbocycles. The molecule has 5 nitrogen and oxygen atoms in total. The number of hydrogen-bond acceptors (Lipinski definition) is 4. The Morgan fingerprint density at radius 2 is 2.12 bits per heavy atom. The van der Waals surface area contributed by atoms with Crippen molar-refractivity contribution in [2.45, 2.75) is 13.0 Å². The fraction of sp³-hybridized carbons (Fsp3) is 0.364. The molecule has 16 heavy (non-hydrogen) atoms. The molecule has 0 saturated carbocycles. The number of amides is 1. The van der Waals surface area contributed by atoms with Gasteiger partial charge in [-0.25, -0.2) is 0 Å². The van der Waals surface area contributed by atoms with Crippen LogP contribution >= 0.6 is 0 Å². The highest BCUT2D eigenvalue weighted by molar-refractivity contribution is 5.99. The predicted molar refractivity (Wildman–Crippen MR) is 63.9 cm³/mol. The summed E-state index contributed by atoms with van der Waals surface area (Å²) in [7, 11) is 1.62. The lowest BCUT2D eigenvalue weighted by atomic mass is 10.1. The molecule has 1 rings (SSSR count).